The van der Waals surface area contributed by atoms with Crippen LogP contribution in [-0.2, 0) is 0 Å². The lowest BCUT2D eigenvalue weighted by Crippen LogP contribution is -2.27. The highest BCUT2D eigenvalue weighted by Gasteiger charge is 2.17. The molecule has 1 fully saturated rings. The minimum atomic E-state index is 0.604. The van der Waals surface area contributed by atoms with Crippen molar-refractivity contribution in [3.63, 3.8) is 0 Å². The van der Waals surface area contributed by atoms with E-state index in [0.29, 0.717) is 12.6 Å². The predicted octanol–water partition coefficient (Wildman–Crippen LogP) is 1.20. The second kappa shape index (κ2) is 5.65. The first-order valence-corrected chi connectivity index (χ1v) is 5.91. The smallest absolute Gasteiger partial charge is 0.131 e. The Morgan fingerprint density at radius 2 is 2.12 bits per heavy atom. The molecule has 0 bridgehead atoms. The fourth-order valence-corrected chi connectivity index (χ4v) is 1.61. The highest BCUT2D eigenvalue weighted by Crippen LogP contribution is 2.22. The molecule has 1 aliphatic carbocycles. The fraction of sp³-hybridized carbons (Fsp3) is 0.636. The summed E-state index contributed by atoms with van der Waals surface area (Å²) in [5, 5.41) is 6.62. The quantitative estimate of drug-likeness (QED) is 0.629. The van der Waals surface area contributed by atoms with Crippen LogP contribution in [0.1, 0.15) is 25.7 Å². The predicted molar refractivity (Wildman–Crippen MR) is 65.5 cm³/mol. The molecule has 2 rings (SSSR count). The lowest BCUT2D eigenvalue weighted by molar-refractivity contribution is 0.444. The van der Waals surface area contributed by atoms with E-state index >= 15 is 0 Å². The molecule has 0 amide bonds. The first-order valence-electron chi connectivity index (χ1n) is 5.91. The molecule has 1 heterocycles. The minimum absolute atomic E-state index is 0.604. The van der Waals surface area contributed by atoms with Gasteiger partial charge in [-0.15, -0.1) is 0 Å². The van der Waals surface area contributed by atoms with Crippen molar-refractivity contribution in [1.82, 2.24) is 9.97 Å². The summed E-state index contributed by atoms with van der Waals surface area (Å²) in [5.74, 6) is 1.78. The van der Waals surface area contributed by atoms with Crippen LogP contribution >= 0.6 is 0 Å². The Balaban J connectivity index is 1.85. The molecule has 88 valence electrons. The van der Waals surface area contributed by atoms with Crippen molar-refractivity contribution in [2.24, 2.45) is 5.73 Å². The fourth-order valence-electron chi connectivity index (χ4n) is 1.61. The number of nitrogens with zero attached hydrogens (tertiary/aromatic N) is 2. The van der Waals surface area contributed by atoms with E-state index in [2.05, 4.69) is 20.6 Å². The molecule has 16 heavy (non-hydrogen) atoms. The molecule has 1 aliphatic rings. The van der Waals surface area contributed by atoms with Crippen LogP contribution in [0.3, 0.4) is 0 Å². The molecule has 4 N–H and O–H groups in total. The molecule has 0 atom stereocenters. The summed E-state index contributed by atoms with van der Waals surface area (Å²) in [6.07, 6.45) is 6.37. The molecular weight excluding hydrogens is 202 g/mol. The summed E-state index contributed by atoms with van der Waals surface area (Å²) in [5.41, 5.74) is 5.43. The summed E-state index contributed by atoms with van der Waals surface area (Å²) in [6, 6.07) is 2.56. The van der Waals surface area contributed by atoms with Gasteiger partial charge in [-0.05, 0) is 32.2 Å². The van der Waals surface area contributed by atoms with E-state index < -0.39 is 0 Å². The van der Waals surface area contributed by atoms with Crippen LogP contribution in [-0.4, -0.2) is 29.1 Å². The summed E-state index contributed by atoms with van der Waals surface area (Å²) < 4.78 is 0. The van der Waals surface area contributed by atoms with Gasteiger partial charge in [-0.25, -0.2) is 9.97 Å². The Morgan fingerprint density at radius 3 is 2.81 bits per heavy atom. The van der Waals surface area contributed by atoms with Gasteiger partial charge in [0.2, 0.25) is 0 Å². The second-order valence-electron chi connectivity index (χ2n) is 4.13. The third kappa shape index (κ3) is 3.06. The molecule has 0 spiro atoms. The van der Waals surface area contributed by atoms with Crippen LogP contribution in [0.4, 0.5) is 11.6 Å². The summed E-state index contributed by atoms with van der Waals surface area (Å²) in [6.45, 7) is 1.56. The zero-order valence-corrected chi connectivity index (χ0v) is 9.45. The Bertz CT molecular complexity index is 324. The van der Waals surface area contributed by atoms with E-state index in [1.807, 2.05) is 6.07 Å². The van der Waals surface area contributed by atoms with Crippen molar-refractivity contribution in [3.8, 4) is 0 Å². The van der Waals surface area contributed by atoms with Gasteiger partial charge < -0.3 is 16.4 Å². The lowest BCUT2D eigenvalue weighted by atomic mass is 9.93. The van der Waals surface area contributed by atoms with Crippen molar-refractivity contribution >= 4 is 11.6 Å². The zero-order chi connectivity index (χ0) is 11.2. The van der Waals surface area contributed by atoms with Crippen molar-refractivity contribution in [3.05, 3.63) is 12.4 Å². The van der Waals surface area contributed by atoms with Gasteiger partial charge in [0.1, 0.15) is 18.0 Å². The molecule has 5 heteroatoms. The van der Waals surface area contributed by atoms with Crippen molar-refractivity contribution < 1.29 is 0 Å². The van der Waals surface area contributed by atoms with Crippen molar-refractivity contribution in [2.45, 2.75) is 31.7 Å². The average Bonchev–Trinajstić information content (AvgIpc) is 2.25. The third-order valence-corrected chi connectivity index (χ3v) is 2.81. The van der Waals surface area contributed by atoms with Crippen molar-refractivity contribution in [2.75, 3.05) is 23.7 Å². The Labute approximate surface area is 95.9 Å². The molecule has 0 unspecified atom stereocenters. The first kappa shape index (κ1) is 11.1. The van der Waals surface area contributed by atoms with Gasteiger partial charge in [0.25, 0.3) is 0 Å². The molecular formula is C11H19N5. The van der Waals surface area contributed by atoms with Crippen LogP contribution in [0.15, 0.2) is 12.4 Å². The van der Waals surface area contributed by atoms with Gasteiger partial charge in [-0.2, -0.15) is 0 Å². The van der Waals surface area contributed by atoms with Crippen LogP contribution < -0.4 is 16.4 Å². The summed E-state index contributed by atoms with van der Waals surface area (Å²) in [7, 11) is 0. The molecule has 5 nitrogen and oxygen atoms in total. The second-order valence-corrected chi connectivity index (χ2v) is 4.13. The Morgan fingerprint density at radius 1 is 1.31 bits per heavy atom. The maximum absolute atomic E-state index is 5.43. The largest absolute Gasteiger partial charge is 0.370 e. The number of aromatic nitrogens is 2. The molecule has 0 radical (unpaired) electrons. The summed E-state index contributed by atoms with van der Waals surface area (Å²) >= 11 is 0. The number of nitrogens with one attached hydrogen (secondary N) is 2. The normalized spacial score (nSPS) is 15.6. The summed E-state index contributed by atoms with van der Waals surface area (Å²) in [4.78, 5) is 8.36. The highest BCUT2D eigenvalue weighted by atomic mass is 15.1. The monoisotopic (exact) mass is 221 g/mol. The molecule has 0 saturated heterocycles. The van der Waals surface area contributed by atoms with Gasteiger partial charge in [0.15, 0.2) is 0 Å². The first-order chi connectivity index (χ1) is 7.88. The van der Waals surface area contributed by atoms with E-state index in [0.717, 1.165) is 24.6 Å². The number of rotatable bonds is 6. The molecule has 1 aromatic heterocycles. The maximum Gasteiger partial charge on any atom is 0.131 e. The Kier molecular flexibility index (Phi) is 3.93. The number of hydrogen-bond acceptors (Lipinski definition) is 5. The zero-order valence-electron chi connectivity index (χ0n) is 9.45. The number of nitrogens with two attached hydrogens (primary N) is 1. The molecule has 0 aliphatic heterocycles. The molecule has 1 saturated carbocycles. The van der Waals surface area contributed by atoms with Crippen LogP contribution in [0, 0.1) is 0 Å². The highest BCUT2D eigenvalue weighted by molar-refractivity contribution is 5.47. The average molecular weight is 221 g/mol. The van der Waals surface area contributed by atoms with E-state index in [1.54, 1.807) is 6.33 Å². The maximum atomic E-state index is 5.43. The van der Waals surface area contributed by atoms with E-state index in [-0.39, 0.29) is 0 Å². The van der Waals surface area contributed by atoms with Gasteiger partial charge >= 0.3 is 0 Å². The lowest BCUT2D eigenvalue weighted by Gasteiger charge is -2.26. The van der Waals surface area contributed by atoms with Crippen molar-refractivity contribution in [1.29, 1.82) is 0 Å². The van der Waals surface area contributed by atoms with Gasteiger partial charge in [-0.1, -0.05) is 0 Å². The van der Waals surface area contributed by atoms with Crippen LogP contribution in [0.2, 0.25) is 0 Å². The molecule has 0 aromatic carbocycles. The standard InChI is InChI=1S/C11H19N5/c12-5-2-6-13-10-7-11(15-8-14-10)16-9-3-1-4-9/h7-9H,1-6,12H2,(H2,13,14,15,16). The van der Waals surface area contributed by atoms with E-state index in [1.165, 1.54) is 19.3 Å². The van der Waals surface area contributed by atoms with E-state index in [9.17, 15) is 0 Å². The Hall–Kier alpha value is -1.36. The number of anilines is 2. The third-order valence-electron chi connectivity index (χ3n) is 2.81. The van der Waals surface area contributed by atoms with Crippen LogP contribution in [0.5, 0.6) is 0 Å². The van der Waals surface area contributed by atoms with Gasteiger partial charge in [0.05, 0.1) is 0 Å². The SMILES string of the molecule is NCCCNc1cc(NC2CCC2)ncn1. The van der Waals surface area contributed by atoms with E-state index in [4.69, 9.17) is 5.73 Å². The number of hydrogen-bond donors (Lipinski definition) is 3. The molecule has 1 aromatic rings. The topological polar surface area (TPSA) is 75.9 Å². The minimum Gasteiger partial charge on any atom is -0.370 e. The van der Waals surface area contributed by atoms with Crippen LogP contribution in [0.25, 0.3) is 0 Å². The van der Waals surface area contributed by atoms with Gasteiger partial charge in [-0.3, -0.25) is 0 Å². The van der Waals surface area contributed by atoms with Gasteiger partial charge in [0, 0.05) is 18.7 Å².